The molecule has 2 rings (SSSR count). The zero-order valence-electron chi connectivity index (χ0n) is 12.6. The number of hydrogen-bond acceptors (Lipinski definition) is 4. The molecule has 0 bridgehead atoms. The van der Waals surface area contributed by atoms with E-state index in [4.69, 9.17) is 0 Å². The van der Waals surface area contributed by atoms with Gasteiger partial charge in [0.15, 0.2) is 5.16 Å². The van der Waals surface area contributed by atoms with E-state index in [1.807, 2.05) is 30.3 Å². The number of para-hydroxylation sites is 1. The lowest BCUT2D eigenvalue weighted by atomic mass is 10.3. The second kappa shape index (κ2) is 7.26. The minimum Gasteiger partial charge on any atom is -0.315 e. The highest BCUT2D eigenvalue weighted by atomic mass is 32.2. The van der Waals surface area contributed by atoms with Crippen molar-refractivity contribution in [1.29, 1.82) is 0 Å². The molecule has 0 fully saturated rings. The highest BCUT2D eigenvalue weighted by Gasteiger charge is 2.15. The van der Waals surface area contributed by atoms with Crippen molar-refractivity contribution in [3.05, 3.63) is 36.2 Å². The fraction of sp³-hybridized carbons (Fsp3) is 0.400. The van der Waals surface area contributed by atoms with Gasteiger partial charge in [0, 0.05) is 25.7 Å². The number of anilines is 1. The summed E-state index contributed by atoms with van der Waals surface area (Å²) in [6.45, 7) is 4.94. The molecule has 0 aliphatic rings. The minimum absolute atomic E-state index is 0.0508. The second-order valence-electron chi connectivity index (χ2n) is 4.57. The molecule has 5 nitrogen and oxygen atoms in total. The molecule has 0 N–H and O–H groups in total. The SMILES string of the molecule is CCc1nnc(SCC(=O)N(C)c2ccccc2)n1CC. The first-order valence-corrected chi connectivity index (χ1v) is 8.02. The van der Waals surface area contributed by atoms with Gasteiger partial charge < -0.3 is 9.47 Å². The molecule has 112 valence electrons. The van der Waals surface area contributed by atoms with Crippen LogP contribution in [0.25, 0.3) is 0 Å². The second-order valence-corrected chi connectivity index (χ2v) is 5.52. The number of amides is 1. The van der Waals surface area contributed by atoms with Crippen LogP contribution in [0, 0.1) is 0 Å². The first-order valence-electron chi connectivity index (χ1n) is 7.03. The van der Waals surface area contributed by atoms with Gasteiger partial charge in [0.2, 0.25) is 5.91 Å². The fourth-order valence-corrected chi connectivity index (χ4v) is 2.96. The van der Waals surface area contributed by atoms with E-state index < -0.39 is 0 Å². The molecule has 21 heavy (non-hydrogen) atoms. The molecule has 0 aliphatic carbocycles. The molecule has 1 aromatic heterocycles. The summed E-state index contributed by atoms with van der Waals surface area (Å²) in [4.78, 5) is 13.9. The summed E-state index contributed by atoms with van der Waals surface area (Å²) in [5, 5.41) is 9.13. The fourth-order valence-electron chi connectivity index (χ4n) is 2.02. The third kappa shape index (κ3) is 3.64. The molecule has 0 spiro atoms. The lowest BCUT2D eigenvalue weighted by molar-refractivity contribution is -0.115. The van der Waals surface area contributed by atoms with Crippen molar-refractivity contribution in [2.24, 2.45) is 0 Å². The predicted molar refractivity (Wildman–Crippen MR) is 85.7 cm³/mol. The Morgan fingerprint density at radius 3 is 2.57 bits per heavy atom. The molecular formula is C15H20N4OS. The van der Waals surface area contributed by atoms with Gasteiger partial charge in [0.25, 0.3) is 0 Å². The van der Waals surface area contributed by atoms with Crippen molar-refractivity contribution >= 4 is 23.4 Å². The molecule has 1 amide bonds. The molecule has 6 heteroatoms. The molecule has 2 aromatic rings. The molecule has 1 heterocycles. The Morgan fingerprint density at radius 2 is 1.95 bits per heavy atom. The van der Waals surface area contributed by atoms with E-state index >= 15 is 0 Å². The molecule has 0 saturated carbocycles. The largest absolute Gasteiger partial charge is 0.315 e. The van der Waals surface area contributed by atoms with E-state index in [1.54, 1.807) is 11.9 Å². The first kappa shape index (κ1) is 15.6. The first-order chi connectivity index (χ1) is 10.2. The van der Waals surface area contributed by atoms with Crippen LogP contribution in [0.5, 0.6) is 0 Å². The number of nitrogens with zero attached hydrogens (tertiary/aromatic N) is 4. The van der Waals surface area contributed by atoms with Crippen LogP contribution in [-0.4, -0.2) is 33.5 Å². The Balaban J connectivity index is 2.00. The smallest absolute Gasteiger partial charge is 0.237 e. The van der Waals surface area contributed by atoms with Gasteiger partial charge in [-0.1, -0.05) is 36.9 Å². The molecule has 0 radical (unpaired) electrons. The topological polar surface area (TPSA) is 51.0 Å². The van der Waals surface area contributed by atoms with Crippen LogP contribution in [0.15, 0.2) is 35.5 Å². The summed E-state index contributed by atoms with van der Waals surface area (Å²) in [5.41, 5.74) is 0.898. The van der Waals surface area contributed by atoms with Crippen LogP contribution in [-0.2, 0) is 17.8 Å². The Labute approximate surface area is 129 Å². The van der Waals surface area contributed by atoms with E-state index in [2.05, 4.69) is 28.6 Å². The number of rotatable bonds is 6. The lowest BCUT2D eigenvalue weighted by Gasteiger charge is -2.16. The predicted octanol–water partition coefficient (Wildman–Crippen LogP) is 2.62. The van der Waals surface area contributed by atoms with Gasteiger partial charge in [-0.3, -0.25) is 4.79 Å². The van der Waals surface area contributed by atoms with Crippen molar-refractivity contribution in [3.63, 3.8) is 0 Å². The molecule has 1 aromatic carbocycles. The van der Waals surface area contributed by atoms with Crippen molar-refractivity contribution in [1.82, 2.24) is 14.8 Å². The summed E-state index contributed by atoms with van der Waals surface area (Å²) < 4.78 is 2.06. The van der Waals surface area contributed by atoms with Crippen molar-refractivity contribution < 1.29 is 4.79 Å². The van der Waals surface area contributed by atoms with Gasteiger partial charge in [-0.15, -0.1) is 10.2 Å². The van der Waals surface area contributed by atoms with E-state index in [0.29, 0.717) is 5.75 Å². The van der Waals surface area contributed by atoms with E-state index in [0.717, 1.165) is 29.6 Å². The number of hydrogen-bond donors (Lipinski definition) is 0. The van der Waals surface area contributed by atoms with Gasteiger partial charge in [-0.05, 0) is 19.1 Å². The number of benzene rings is 1. The monoisotopic (exact) mass is 304 g/mol. The minimum atomic E-state index is 0.0508. The lowest BCUT2D eigenvalue weighted by Crippen LogP contribution is -2.27. The average Bonchev–Trinajstić information content (AvgIpc) is 2.94. The summed E-state index contributed by atoms with van der Waals surface area (Å²) in [6, 6.07) is 9.63. The Kier molecular flexibility index (Phi) is 5.38. The summed E-state index contributed by atoms with van der Waals surface area (Å²) in [5.74, 6) is 1.37. The van der Waals surface area contributed by atoms with Gasteiger partial charge in [-0.25, -0.2) is 0 Å². The molecule has 0 saturated heterocycles. The van der Waals surface area contributed by atoms with Gasteiger partial charge >= 0.3 is 0 Å². The van der Waals surface area contributed by atoms with Gasteiger partial charge in [0.1, 0.15) is 5.82 Å². The van der Waals surface area contributed by atoms with Gasteiger partial charge in [0.05, 0.1) is 5.75 Å². The number of carbonyl (C=O) groups is 1. The van der Waals surface area contributed by atoms with Crippen LogP contribution in [0.3, 0.4) is 0 Å². The molecule has 0 aliphatic heterocycles. The zero-order valence-corrected chi connectivity index (χ0v) is 13.4. The highest BCUT2D eigenvalue weighted by molar-refractivity contribution is 7.99. The van der Waals surface area contributed by atoms with Crippen LogP contribution in [0.1, 0.15) is 19.7 Å². The van der Waals surface area contributed by atoms with Crippen molar-refractivity contribution in [2.45, 2.75) is 32.0 Å². The Morgan fingerprint density at radius 1 is 1.24 bits per heavy atom. The highest BCUT2D eigenvalue weighted by Crippen LogP contribution is 2.19. The van der Waals surface area contributed by atoms with Crippen LogP contribution < -0.4 is 4.90 Å². The maximum atomic E-state index is 12.2. The Bertz CT molecular complexity index is 597. The maximum Gasteiger partial charge on any atom is 0.237 e. The zero-order chi connectivity index (χ0) is 15.2. The van der Waals surface area contributed by atoms with Crippen molar-refractivity contribution in [2.75, 3.05) is 17.7 Å². The van der Waals surface area contributed by atoms with Crippen LogP contribution >= 0.6 is 11.8 Å². The number of aromatic nitrogens is 3. The standard InChI is InChI=1S/C15H20N4OS/c1-4-13-16-17-15(19(13)5-2)21-11-14(20)18(3)12-9-7-6-8-10-12/h6-10H,4-5,11H2,1-3H3. The van der Waals surface area contributed by atoms with E-state index in [-0.39, 0.29) is 5.91 Å². The average molecular weight is 304 g/mol. The third-order valence-corrected chi connectivity index (χ3v) is 4.22. The summed E-state index contributed by atoms with van der Waals surface area (Å²) in [7, 11) is 1.79. The summed E-state index contributed by atoms with van der Waals surface area (Å²) in [6.07, 6.45) is 0.846. The molecule has 0 unspecified atom stereocenters. The van der Waals surface area contributed by atoms with Crippen LogP contribution in [0.4, 0.5) is 5.69 Å². The van der Waals surface area contributed by atoms with E-state index in [9.17, 15) is 4.79 Å². The molecule has 0 atom stereocenters. The van der Waals surface area contributed by atoms with Crippen molar-refractivity contribution in [3.8, 4) is 0 Å². The number of carbonyl (C=O) groups excluding carboxylic acids is 1. The number of aryl methyl sites for hydroxylation is 1. The van der Waals surface area contributed by atoms with E-state index in [1.165, 1.54) is 11.8 Å². The quantitative estimate of drug-likeness (QED) is 0.770. The molecular weight excluding hydrogens is 284 g/mol. The van der Waals surface area contributed by atoms with Gasteiger partial charge in [-0.2, -0.15) is 0 Å². The van der Waals surface area contributed by atoms with Crippen LogP contribution in [0.2, 0.25) is 0 Å². The number of thioether (sulfide) groups is 1. The maximum absolute atomic E-state index is 12.2. The normalized spacial score (nSPS) is 10.6. The third-order valence-electron chi connectivity index (χ3n) is 3.27. The Hall–Kier alpha value is -1.82. The summed E-state index contributed by atoms with van der Waals surface area (Å²) >= 11 is 1.44.